The van der Waals surface area contributed by atoms with Crippen molar-refractivity contribution in [3.05, 3.63) is 23.0 Å². The topological polar surface area (TPSA) is 69.0 Å². The molecule has 1 rings (SSSR count). The van der Waals surface area contributed by atoms with Crippen LogP contribution in [-0.4, -0.2) is 31.0 Å². The van der Waals surface area contributed by atoms with Gasteiger partial charge < -0.3 is 10.2 Å². The van der Waals surface area contributed by atoms with Crippen LogP contribution in [0.3, 0.4) is 0 Å². The van der Waals surface area contributed by atoms with Gasteiger partial charge in [-0.1, -0.05) is 6.92 Å². The van der Waals surface area contributed by atoms with Crippen LogP contribution in [0.1, 0.15) is 30.3 Å². The zero-order valence-electron chi connectivity index (χ0n) is 11.9. The van der Waals surface area contributed by atoms with Crippen LogP contribution >= 0.6 is 0 Å². The number of carbonyl (C=O) groups is 1. The van der Waals surface area contributed by atoms with E-state index in [0.717, 1.165) is 24.3 Å². The molecule has 19 heavy (non-hydrogen) atoms. The Labute approximate surface area is 114 Å². The second-order valence-corrected chi connectivity index (χ2v) is 4.45. The number of likely N-dealkylation sites (N-methyl/N-ethyl adjacent to an activating group) is 1. The number of aryl methyl sites for hydroxylation is 2. The molecule has 0 atom stereocenters. The summed E-state index contributed by atoms with van der Waals surface area (Å²) in [6.45, 7) is 6.73. The largest absolute Gasteiger partial charge is 0.361 e. The van der Waals surface area contributed by atoms with E-state index in [1.807, 2.05) is 31.7 Å². The van der Waals surface area contributed by atoms with Gasteiger partial charge in [-0.2, -0.15) is 5.26 Å². The van der Waals surface area contributed by atoms with Crippen molar-refractivity contribution in [3.8, 4) is 6.07 Å². The molecule has 0 spiro atoms. The van der Waals surface area contributed by atoms with E-state index in [1.54, 1.807) is 7.05 Å². The van der Waals surface area contributed by atoms with E-state index >= 15 is 0 Å². The highest BCUT2D eigenvalue weighted by atomic mass is 16.1. The van der Waals surface area contributed by atoms with E-state index in [-0.39, 0.29) is 12.5 Å². The van der Waals surface area contributed by atoms with Gasteiger partial charge in [-0.05, 0) is 26.3 Å². The number of nitrogens with zero attached hydrogens (tertiary/aromatic N) is 3. The van der Waals surface area contributed by atoms with E-state index in [1.165, 1.54) is 0 Å². The molecule has 0 aliphatic carbocycles. The van der Waals surface area contributed by atoms with Crippen LogP contribution in [0.4, 0.5) is 5.69 Å². The van der Waals surface area contributed by atoms with Crippen molar-refractivity contribution in [2.75, 3.05) is 25.0 Å². The molecule has 1 aromatic heterocycles. The SMILES string of the molecule is CCCN(CC(=O)NC)c1cc(C)nc(C)c1C#N. The quantitative estimate of drug-likeness (QED) is 0.871. The van der Waals surface area contributed by atoms with Crippen molar-refractivity contribution in [3.63, 3.8) is 0 Å². The molecule has 0 saturated carbocycles. The molecular formula is C14H20N4O. The van der Waals surface area contributed by atoms with Crippen molar-refractivity contribution in [2.45, 2.75) is 27.2 Å². The molecule has 0 saturated heterocycles. The molecular weight excluding hydrogens is 240 g/mol. The first-order valence-electron chi connectivity index (χ1n) is 6.37. The van der Waals surface area contributed by atoms with Gasteiger partial charge in [0.15, 0.2) is 0 Å². The molecule has 0 aromatic carbocycles. The third-order valence-electron chi connectivity index (χ3n) is 2.87. The fourth-order valence-corrected chi connectivity index (χ4v) is 2.00. The van der Waals surface area contributed by atoms with Gasteiger partial charge in [0.25, 0.3) is 0 Å². The number of rotatable bonds is 5. The first-order chi connectivity index (χ1) is 9.03. The maximum atomic E-state index is 11.6. The third-order valence-corrected chi connectivity index (χ3v) is 2.87. The number of aromatic nitrogens is 1. The fourth-order valence-electron chi connectivity index (χ4n) is 2.00. The number of carbonyl (C=O) groups excluding carboxylic acids is 1. The predicted molar refractivity (Wildman–Crippen MR) is 75.0 cm³/mol. The number of amides is 1. The number of nitriles is 1. The number of anilines is 1. The summed E-state index contributed by atoms with van der Waals surface area (Å²) >= 11 is 0. The minimum absolute atomic E-state index is 0.0653. The normalized spacial score (nSPS) is 9.84. The summed E-state index contributed by atoms with van der Waals surface area (Å²) < 4.78 is 0. The van der Waals surface area contributed by atoms with Crippen LogP contribution in [-0.2, 0) is 4.79 Å². The standard InChI is InChI=1S/C14H20N4O/c1-5-6-18(9-14(19)16-4)13-7-10(2)17-11(3)12(13)8-15/h7H,5-6,9H2,1-4H3,(H,16,19). The lowest BCUT2D eigenvalue weighted by Crippen LogP contribution is -2.36. The first kappa shape index (κ1) is 15.0. The van der Waals surface area contributed by atoms with E-state index in [0.29, 0.717) is 11.3 Å². The Morgan fingerprint density at radius 3 is 2.74 bits per heavy atom. The van der Waals surface area contributed by atoms with Crippen LogP contribution < -0.4 is 10.2 Å². The van der Waals surface area contributed by atoms with Crippen molar-refractivity contribution in [1.29, 1.82) is 5.26 Å². The summed E-state index contributed by atoms with van der Waals surface area (Å²) in [6, 6.07) is 4.05. The van der Waals surface area contributed by atoms with Gasteiger partial charge in [0.2, 0.25) is 5.91 Å². The maximum Gasteiger partial charge on any atom is 0.239 e. The van der Waals surface area contributed by atoms with Gasteiger partial charge in [0.05, 0.1) is 23.5 Å². The summed E-state index contributed by atoms with van der Waals surface area (Å²) in [5, 5.41) is 11.9. The van der Waals surface area contributed by atoms with Gasteiger partial charge >= 0.3 is 0 Å². The first-order valence-corrected chi connectivity index (χ1v) is 6.37. The van der Waals surface area contributed by atoms with Gasteiger partial charge in [-0.15, -0.1) is 0 Å². The smallest absolute Gasteiger partial charge is 0.239 e. The van der Waals surface area contributed by atoms with E-state index in [2.05, 4.69) is 16.4 Å². The van der Waals surface area contributed by atoms with Crippen molar-refractivity contribution in [2.24, 2.45) is 0 Å². The molecule has 102 valence electrons. The third kappa shape index (κ3) is 3.68. The Morgan fingerprint density at radius 2 is 2.21 bits per heavy atom. The molecule has 5 nitrogen and oxygen atoms in total. The second kappa shape index (κ2) is 6.74. The van der Waals surface area contributed by atoms with Crippen LogP contribution in [0.5, 0.6) is 0 Å². The maximum absolute atomic E-state index is 11.6. The zero-order chi connectivity index (χ0) is 14.4. The average Bonchev–Trinajstić information content (AvgIpc) is 2.37. The molecule has 1 N–H and O–H groups in total. The Bertz CT molecular complexity index is 505. The minimum atomic E-state index is -0.0653. The number of hydrogen-bond donors (Lipinski definition) is 1. The summed E-state index contributed by atoms with van der Waals surface area (Å²) in [5.74, 6) is -0.0653. The zero-order valence-corrected chi connectivity index (χ0v) is 11.9. The van der Waals surface area contributed by atoms with Gasteiger partial charge in [0, 0.05) is 19.3 Å². The van der Waals surface area contributed by atoms with Crippen LogP contribution in [0, 0.1) is 25.2 Å². The Morgan fingerprint density at radius 1 is 1.53 bits per heavy atom. The summed E-state index contributed by atoms with van der Waals surface area (Å²) in [4.78, 5) is 17.8. The highest BCUT2D eigenvalue weighted by Gasteiger charge is 2.16. The lowest BCUT2D eigenvalue weighted by molar-refractivity contribution is -0.119. The molecule has 0 unspecified atom stereocenters. The number of hydrogen-bond acceptors (Lipinski definition) is 4. The highest BCUT2D eigenvalue weighted by molar-refractivity contribution is 5.81. The lowest BCUT2D eigenvalue weighted by atomic mass is 10.1. The predicted octanol–water partition coefficient (Wildman–Crippen LogP) is 1.53. The molecule has 1 heterocycles. The lowest BCUT2D eigenvalue weighted by Gasteiger charge is -2.25. The molecule has 0 radical (unpaired) electrons. The summed E-state index contributed by atoms with van der Waals surface area (Å²) in [6.07, 6.45) is 0.905. The molecule has 1 aromatic rings. The molecule has 5 heteroatoms. The number of pyridine rings is 1. The monoisotopic (exact) mass is 260 g/mol. The summed E-state index contributed by atoms with van der Waals surface area (Å²) in [7, 11) is 1.61. The van der Waals surface area contributed by atoms with Gasteiger partial charge in [0.1, 0.15) is 6.07 Å². The van der Waals surface area contributed by atoms with Gasteiger partial charge in [-0.3, -0.25) is 9.78 Å². The Kier molecular flexibility index (Phi) is 5.31. The molecule has 0 aliphatic rings. The van der Waals surface area contributed by atoms with Gasteiger partial charge in [-0.25, -0.2) is 0 Å². The van der Waals surface area contributed by atoms with E-state index in [9.17, 15) is 10.1 Å². The van der Waals surface area contributed by atoms with Crippen LogP contribution in [0.25, 0.3) is 0 Å². The molecule has 0 fully saturated rings. The summed E-state index contributed by atoms with van der Waals surface area (Å²) in [5.41, 5.74) is 2.89. The molecule has 1 amide bonds. The second-order valence-electron chi connectivity index (χ2n) is 4.45. The highest BCUT2D eigenvalue weighted by Crippen LogP contribution is 2.23. The number of nitrogens with one attached hydrogen (secondary N) is 1. The van der Waals surface area contributed by atoms with Crippen molar-refractivity contribution < 1.29 is 4.79 Å². The molecule has 0 bridgehead atoms. The Hall–Kier alpha value is -2.09. The Balaban J connectivity index is 3.21. The van der Waals surface area contributed by atoms with Crippen LogP contribution in [0.15, 0.2) is 6.07 Å². The van der Waals surface area contributed by atoms with E-state index in [4.69, 9.17) is 0 Å². The minimum Gasteiger partial charge on any atom is -0.361 e. The average molecular weight is 260 g/mol. The fraction of sp³-hybridized carbons (Fsp3) is 0.500. The van der Waals surface area contributed by atoms with Crippen LogP contribution in [0.2, 0.25) is 0 Å². The molecule has 0 aliphatic heterocycles. The van der Waals surface area contributed by atoms with E-state index < -0.39 is 0 Å². The van der Waals surface area contributed by atoms with Crippen molar-refractivity contribution in [1.82, 2.24) is 10.3 Å². The van der Waals surface area contributed by atoms with Crippen molar-refractivity contribution >= 4 is 11.6 Å².